The molecule has 1 aromatic heterocycles. The van der Waals surface area contributed by atoms with Gasteiger partial charge in [-0.05, 0) is 50.1 Å². The highest BCUT2D eigenvalue weighted by Gasteiger charge is 2.34. The fourth-order valence-corrected chi connectivity index (χ4v) is 3.48. The number of amides is 2. The Morgan fingerprint density at radius 2 is 1.96 bits per heavy atom. The molecule has 1 aliphatic heterocycles. The SMILES string of the molecule is CNC(=O)c1cc(Cl)cc(C)c1NC(=O)C1CC(C)=NN1c1ncccc1C. The maximum absolute atomic E-state index is 13.1. The van der Waals surface area contributed by atoms with Gasteiger partial charge in [-0.25, -0.2) is 9.99 Å². The molecule has 2 heterocycles. The van der Waals surface area contributed by atoms with Crippen LogP contribution in [0.25, 0.3) is 0 Å². The smallest absolute Gasteiger partial charge is 0.253 e. The second-order valence-electron chi connectivity index (χ2n) is 6.76. The van der Waals surface area contributed by atoms with Crippen LogP contribution in [0.15, 0.2) is 35.6 Å². The van der Waals surface area contributed by atoms with Gasteiger partial charge in [-0.1, -0.05) is 17.7 Å². The number of anilines is 2. The predicted octanol–water partition coefficient (Wildman–Crippen LogP) is 3.30. The maximum atomic E-state index is 13.1. The van der Waals surface area contributed by atoms with Gasteiger partial charge in [0.1, 0.15) is 6.04 Å². The number of hydrogen-bond acceptors (Lipinski definition) is 5. The van der Waals surface area contributed by atoms with Crippen molar-refractivity contribution in [1.29, 1.82) is 0 Å². The zero-order chi connectivity index (χ0) is 20.4. The van der Waals surface area contributed by atoms with Crippen molar-refractivity contribution in [2.75, 3.05) is 17.4 Å². The highest BCUT2D eigenvalue weighted by Crippen LogP contribution is 2.29. The van der Waals surface area contributed by atoms with Crippen LogP contribution in [0.4, 0.5) is 11.5 Å². The lowest BCUT2D eigenvalue weighted by molar-refractivity contribution is -0.117. The minimum Gasteiger partial charge on any atom is -0.355 e. The van der Waals surface area contributed by atoms with Gasteiger partial charge in [0.05, 0.1) is 11.3 Å². The molecule has 3 rings (SSSR count). The second-order valence-corrected chi connectivity index (χ2v) is 7.19. The van der Waals surface area contributed by atoms with Gasteiger partial charge in [0, 0.05) is 30.4 Å². The van der Waals surface area contributed by atoms with Crippen molar-refractivity contribution in [1.82, 2.24) is 10.3 Å². The van der Waals surface area contributed by atoms with Crippen LogP contribution >= 0.6 is 11.6 Å². The van der Waals surface area contributed by atoms with Crippen LogP contribution in [0.1, 0.15) is 34.8 Å². The molecule has 1 aromatic carbocycles. The summed E-state index contributed by atoms with van der Waals surface area (Å²) in [4.78, 5) is 29.8. The molecule has 2 amide bonds. The third kappa shape index (κ3) is 3.84. The van der Waals surface area contributed by atoms with E-state index in [2.05, 4.69) is 20.7 Å². The van der Waals surface area contributed by atoms with Crippen LogP contribution in [0.5, 0.6) is 0 Å². The quantitative estimate of drug-likeness (QED) is 0.825. The van der Waals surface area contributed by atoms with Crippen molar-refractivity contribution in [3.8, 4) is 0 Å². The molecule has 0 fully saturated rings. The summed E-state index contributed by atoms with van der Waals surface area (Å²) in [6, 6.07) is 6.46. The molecule has 1 aliphatic rings. The van der Waals surface area contributed by atoms with Crippen LogP contribution in [-0.4, -0.2) is 35.6 Å². The first-order valence-corrected chi connectivity index (χ1v) is 9.27. The van der Waals surface area contributed by atoms with Crippen molar-refractivity contribution in [2.24, 2.45) is 5.10 Å². The van der Waals surface area contributed by atoms with E-state index < -0.39 is 6.04 Å². The van der Waals surface area contributed by atoms with Crippen LogP contribution < -0.4 is 15.6 Å². The van der Waals surface area contributed by atoms with Gasteiger partial charge in [0.2, 0.25) is 5.91 Å². The van der Waals surface area contributed by atoms with Gasteiger partial charge in [0.25, 0.3) is 5.91 Å². The molecule has 1 atom stereocenters. The summed E-state index contributed by atoms with van der Waals surface area (Å²) in [5.74, 6) is 0.0530. The molecular formula is C20H22ClN5O2. The predicted molar refractivity (Wildman–Crippen MR) is 111 cm³/mol. The molecule has 0 aliphatic carbocycles. The van der Waals surface area contributed by atoms with E-state index in [0.717, 1.165) is 11.3 Å². The summed E-state index contributed by atoms with van der Waals surface area (Å²) in [6.07, 6.45) is 2.15. The highest BCUT2D eigenvalue weighted by molar-refractivity contribution is 6.31. The standard InChI is InChI=1S/C20H22ClN5O2/c1-11-6-5-7-23-18(11)26-16(9-13(3)25-26)20(28)24-17-12(2)8-14(21)10-15(17)19(27)22-4/h5-8,10,16H,9H2,1-4H3,(H,22,27)(H,24,28). The second kappa shape index (κ2) is 7.98. The largest absolute Gasteiger partial charge is 0.355 e. The number of halogens is 1. The number of nitrogens with one attached hydrogen (secondary N) is 2. The van der Waals surface area contributed by atoms with E-state index >= 15 is 0 Å². The molecule has 28 heavy (non-hydrogen) atoms. The minimum absolute atomic E-state index is 0.263. The van der Waals surface area contributed by atoms with Crippen molar-refractivity contribution >= 4 is 40.6 Å². The number of aromatic nitrogens is 1. The molecule has 8 heteroatoms. The lowest BCUT2D eigenvalue weighted by atomic mass is 10.1. The third-order valence-electron chi connectivity index (χ3n) is 4.58. The van der Waals surface area contributed by atoms with Crippen molar-refractivity contribution in [2.45, 2.75) is 33.2 Å². The number of rotatable bonds is 4. The van der Waals surface area contributed by atoms with Gasteiger partial charge in [-0.2, -0.15) is 5.10 Å². The molecule has 0 saturated carbocycles. The molecule has 7 nitrogen and oxygen atoms in total. The lowest BCUT2D eigenvalue weighted by Gasteiger charge is -2.24. The summed E-state index contributed by atoms with van der Waals surface area (Å²) < 4.78 is 0. The number of carbonyl (C=O) groups excluding carboxylic acids is 2. The van der Waals surface area contributed by atoms with Gasteiger partial charge in [-0.15, -0.1) is 0 Å². The Kier molecular flexibility index (Phi) is 5.65. The first kappa shape index (κ1) is 19.8. The molecule has 1 unspecified atom stereocenters. The number of hydrazone groups is 1. The normalized spacial score (nSPS) is 16.0. The van der Waals surface area contributed by atoms with E-state index in [1.165, 1.54) is 7.05 Å². The van der Waals surface area contributed by atoms with E-state index in [1.54, 1.807) is 30.3 Å². The summed E-state index contributed by atoms with van der Waals surface area (Å²) in [6.45, 7) is 5.60. The van der Waals surface area contributed by atoms with E-state index in [0.29, 0.717) is 34.1 Å². The van der Waals surface area contributed by atoms with E-state index in [9.17, 15) is 9.59 Å². The first-order chi connectivity index (χ1) is 13.3. The van der Waals surface area contributed by atoms with Gasteiger partial charge >= 0.3 is 0 Å². The summed E-state index contributed by atoms with van der Waals surface area (Å²) >= 11 is 6.10. The fourth-order valence-electron chi connectivity index (χ4n) is 3.21. The van der Waals surface area contributed by atoms with Crippen LogP contribution in [0.2, 0.25) is 5.02 Å². The van der Waals surface area contributed by atoms with Crippen LogP contribution in [-0.2, 0) is 4.79 Å². The zero-order valence-corrected chi connectivity index (χ0v) is 17.0. The Bertz CT molecular complexity index is 973. The summed E-state index contributed by atoms with van der Waals surface area (Å²) in [5, 5.41) is 12.1. The maximum Gasteiger partial charge on any atom is 0.253 e. The number of nitrogens with zero attached hydrogens (tertiary/aromatic N) is 3. The Morgan fingerprint density at radius 1 is 1.21 bits per heavy atom. The van der Waals surface area contributed by atoms with Gasteiger partial charge < -0.3 is 10.6 Å². The molecule has 0 radical (unpaired) electrons. The molecule has 0 bridgehead atoms. The number of hydrogen-bond donors (Lipinski definition) is 2. The molecule has 0 saturated heterocycles. The molecule has 2 aromatic rings. The van der Waals surface area contributed by atoms with Gasteiger partial charge in [-0.3, -0.25) is 9.59 Å². The topological polar surface area (TPSA) is 86.7 Å². The average molecular weight is 400 g/mol. The Balaban J connectivity index is 1.93. The summed E-state index contributed by atoms with van der Waals surface area (Å²) in [5.41, 5.74) is 3.22. The molecule has 146 valence electrons. The monoisotopic (exact) mass is 399 g/mol. The van der Waals surface area contributed by atoms with Crippen LogP contribution in [0.3, 0.4) is 0 Å². The van der Waals surface area contributed by atoms with E-state index in [4.69, 9.17) is 11.6 Å². The molecule has 2 N–H and O–H groups in total. The van der Waals surface area contributed by atoms with Crippen molar-refractivity contribution in [3.63, 3.8) is 0 Å². The molecular weight excluding hydrogens is 378 g/mol. The van der Waals surface area contributed by atoms with E-state index in [1.807, 2.05) is 26.0 Å². The average Bonchev–Trinajstić information content (AvgIpc) is 3.05. The fraction of sp³-hybridized carbons (Fsp3) is 0.300. The number of pyridine rings is 1. The first-order valence-electron chi connectivity index (χ1n) is 8.89. The van der Waals surface area contributed by atoms with Crippen LogP contribution in [0, 0.1) is 13.8 Å². The number of benzene rings is 1. The molecule has 0 spiro atoms. The Labute approximate surface area is 168 Å². The Hall–Kier alpha value is -2.93. The van der Waals surface area contributed by atoms with Crippen molar-refractivity contribution < 1.29 is 9.59 Å². The lowest BCUT2D eigenvalue weighted by Crippen LogP contribution is -2.39. The highest BCUT2D eigenvalue weighted by atomic mass is 35.5. The minimum atomic E-state index is -0.554. The zero-order valence-electron chi connectivity index (χ0n) is 16.2. The van der Waals surface area contributed by atoms with E-state index in [-0.39, 0.29) is 11.8 Å². The number of carbonyl (C=O) groups is 2. The Morgan fingerprint density at radius 3 is 2.64 bits per heavy atom. The third-order valence-corrected chi connectivity index (χ3v) is 4.80. The van der Waals surface area contributed by atoms with Crippen molar-refractivity contribution in [3.05, 3.63) is 52.2 Å². The summed E-state index contributed by atoms with van der Waals surface area (Å²) in [7, 11) is 1.53. The number of aryl methyl sites for hydroxylation is 2. The van der Waals surface area contributed by atoms with Gasteiger partial charge in [0.15, 0.2) is 5.82 Å².